The van der Waals surface area contributed by atoms with E-state index in [0.29, 0.717) is 11.1 Å². The van der Waals surface area contributed by atoms with Crippen molar-refractivity contribution in [3.8, 4) is 0 Å². The van der Waals surface area contributed by atoms with Crippen molar-refractivity contribution in [2.45, 2.75) is 25.6 Å². The van der Waals surface area contributed by atoms with E-state index >= 15 is 8.78 Å². The van der Waals surface area contributed by atoms with Gasteiger partial charge in [0.1, 0.15) is 8.96 Å². The molecule has 0 spiro atoms. The molecule has 0 amide bonds. The van der Waals surface area contributed by atoms with Gasteiger partial charge in [-0.1, -0.05) is 59.7 Å². The van der Waals surface area contributed by atoms with E-state index in [-0.39, 0.29) is 0 Å². The second-order valence-corrected chi connectivity index (χ2v) is 7.77. The van der Waals surface area contributed by atoms with E-state index in [1.807, 2.05) is 0 Å². The van der Waals surface area contributed by atoms with Gasteiger partial charge in [0.15, 0.2) is 0 Å². The Morgan fingerprint density at radius 3 is 1.34 bits per heavy atom. The topological polar surface area (TPSA) is 9.23 Å². The molecule has 0 aliphatic rings. The molecule has 2 aromatic rings. The molecule has 2 aromatic carbocycles. The first-order valence-corrected chi connectivity index (χ1v) is 9.65. The Hall–Kier alpha value is -1.58. The van der Waals surface area contributed by atoms with Crippen LogP contribution < -0.4 is 0 Å². The Balaban J connectivity index is 2.79. The van der Waals surface area contributed by atoms with Gasteiger partial charge in [0.05, 0.1) is 0 Å². The molecule has 2 unspecified atom stereocenters. The van der Waals surface area contributed by atoms with Crippen LogP contribution in [0.2, 0.25) is 0 Å². The minimum Gasteiger partial charge on any atom is -0.292 e. The first-order valence-electron chi connectivity index (χ1n) is 8.06. The SMILES string of the molecule is Cc1cccc(C(F)(OC(F)(C(Br)=C(F)F)c2cccc(C)c2)C(Br)=C(F)F)c1. The fraction of sp³-hybridized carbons (Fsp3) is 0.200. The Morgan fingerprint density at radius 1 is 0.724 bits per heavy atom. The van der Waals surface area contributed by atoms with Crippen molar-refractivity contribution in [2.75, 3.05) is 0 Å². The normalized spacial score (nSPS) is 15.2. The minimum atomic E-state index is -3.61. The maximum Gasteiger partial charge on any atom is 0.286 e. The second kappa shape index (κ2) is 9.06. The lowest BCUT2D eigenvalue weighted by Crippen LogP contribution is -2.37. The summed E-state index contributed by atoms with van der Waals surface area (Å²) in [5, 5.41) is 0. The van der Waals surface area contributed by atoms with E-state index in [0.717, 1.165) is 24.3 Å². The Kier molecular flexibility index (Phi) is 7.40. The van der Waals surface area contributed by atoms with Gasteiger partial charge in [0, 0.05) is 11.1 Å². The minimum absolute atomic E-state index is 0.457. The van der Waals surface area contributed by atoms with Crippen LogP contribution in [0.3, 0.4) is 0 Å². The van der Waals surface area contributed by atoms with Gasteiger partial charge < -0.3 is 0 Å². The van der Waals surface area contributed by atoms with E-state index in [2.05, 4.69) is 31.9 Å². The lowest BCUT2D eigenvalue weighted by atomic mass is 10.0. The molecule has 0 aliphatic heterocycles. The predicted octanol–water partition coefficient (Wildman–Crippen LogP) is 8.27. The van der Waals surface area contributed by atoms with Crippen LogP contribution in [0, 0.1) is 13.8 Å². The summed E-state index contributed by atoms with van der Waals surface area (Å²) in [6.07, 6.45) is -5.08. The van der Waals surface area contributed by atoms with Crippen molar-refractivity contribution in [2.24, 2.45) is 0 Å². The van der Waals surface area contributed by atoms with Gasteiger partial charge in [0.2, 0.25) is 0 Å². The van der Waals surface area contributed by atoms with Crippen LogP contribution in [0.5, 0.6) is 0 Å². The molecule has 29 heavy (non-hydrogen) atoms. The second-order valence-electron chi connectivity index (χ2n) is 6.18. The molecule has 156 valence electrons. The molecule has 0 aromatic heterocycles. The van der Waals surface area contributed by atoms with E-state index in [4.69, 9.17) is 4.74 Å². The predicted molar refractivity (Wildman–Crippen MR) is 105 cm³/mol. The number of hydrogen-bond acceptors (Lipinski definition) is 1. The van der Waals surface area contributed by atoms with Gasteiger partial charge in [0.25, 0.3) is 23.9 Å². The van der Waals surface area contributed by atoms with Crippen molar-refractivity contribution in [1.29, 1.82) is 0 Å². The largest absolute Gasteiger partial charge is 0.292 e. The number of halogens is 8. The van der Waals surface area contributed by atoms with Gasteiger partial charge in [-0.25, -0.2) is 8.78 Å². The van der Waals surface area contributed by atoms with Crippen LogP contribution in [0.4, 0.5) is 26.3 Å². The van der Waals surface area contributed by atoms with Gasteiger partial charge in [-0.15, -0.1) is 0 Å². The van der Waals surface area contributed by atoms with E-state index in [1.165, 1.54) is 12.1 Å². The van der Waals surface area contributed by atoms with Crippen LogP contribution >= 0.6 is 31.9 Å². The zero-order chi connectivity index (χ0) is 22.0. The van der Waals surface area contributed by atoms with Gasteiger partial charge in [-0.3, -0.25) is 4.74 Å². The highest BCUT2D eigenvalue weighted by atomic mass is 79.9. The monoisotopic (exact) mass is 542 g/mol. The molecule has 0 N–H and O–H groups in total. The Bertz CT molecular complexity index is 891. The van der Waals surface area contributed by atoms with E-state index in [9.17, 15) is 17.6 Å². The van der Waals surface area contributed by atoms with E-state index < -0.39 is 44.0 Å². The summed E-state index contributed by atoms with van der Waals surface area (Å²) in [5.74, 6) is -7.23. The Labute approximate surface area is 180 Å². The van der Waals surface area contributed by atoms with Gasteiger partial charge >= 0.3 is 0 Å². The molecule has 0 bridgehead atoms. The molecule has 0 heterocycles. The lowest BCUT2D eigenvalue weighted by molar-refractivity contribution is -0.247. The van der Waals surface area contributed by atoms with Crippen LogP contribution in [0.1, 0.15) is 22.3 Å². The third-order valence-corrected chi connectivity index (χ3v) is 5.58. The van der Waals surface area contributed by atoms with Crippen LogP contribution in [0.25, 0.3) is 0 Å². The number of benzene rings is 2. The van der Waals surface area contributed by atoms with Gasteiger partial charge in [-0.05, 0) is 45.7 Å². The average molecular weight is 544 g/mol. The number of alkyl halides is 2. The summed E-state index contributed by atoms with van der Waals surface area (Å²) < 4.78 is 87.1. The fourth-order valence-electron chi connectivity index (χ4n) is 2.59. The summed E-state index contributed by atoms with van der Waals surface area (Å²) in [4.78, 5) is 0. The van der Waals surface area contributed by atoms with Crippen molar-refractivity contribution in [3.63, 3.8) is 0 Å². The third-order valence-electron chi connectivity index (χ3n) is 3.96. The molecule has 0 radical (unpaired) electrons. The highest BCUT2D eigenvalue weighted by Gasteiger charge is 2.52. The first kappa shape index (κ1) is 23.7. The highest BCUT2D eigenvalue weighted by Crippen LogP contribution is 2.51. The molecular weight excluding hydrogens is 530 g/mol. The summed E-state index contributed by atoms with van der Waals surface area (Å²) in [7, 11) is 0. The summed E-state index contributed by atoms with van der Waals surface area (Å²) >= 11 is 4.79. The van der Waals surface area contributed by atoms with Crippen molar-refractivity contribution >= 4 is 31.9 Å². The molecule has 0 saturated heterocycles. The molecular formula is C20H14Br2F6O. The number of aryl methyl sites for hydroxylation is 2. The molecule has 0 saturated carbocycles. The smallest absolute Gasteiger partial charge is 0.286 e. The first-order chi connectivity index (χ1) is 13.4. The molecule has 0 fully saturated rings. The number of hydrogen-bond donors (Lipinski definition) is 0. The number of rotatable bonds is 6. The quantitative estimate of drug-likeness (QED) is 0.333. The molecule has 2 atom stereocenters. The summed E-state index contributed by atoms with van der Waals surface area (Å²) in [6, 6.07) is 10.2. The average Bonchev–Trinajstić information content (AvgIpc) is 2.66. The maximum atomic E-state index is 15.9. The maximum absolute atomic E-state index is 15.9. The van der Waals surface area contributed by atoms with Gasteiger partial charge in [-0.2, -0.15) is 17.6 Å². The number of ether oxygens (including phenoxy) is 1. The summed E-state index contributed by atoms with van der Waals surface area (Å²) in [6.45, 7) is 3.10. The van der Waals surface area contributed by atoms with Crippen LogP contribution in [0.15, 0.2) is 69.7 Å². The third kappa shape index (κ3) is 4.95. The van der Waals surface area contributed by atoms with E-state index in [1.54, 1.807) is 26.0 Å². The van der Waals surface area contributed by atoms with Crippen LogP contribution in [-0.4, -0.2) is 0 Å². The van der Waals surface area contributed by atoms with Crippen molar-refractivity contribution < 1.29 is 31.1 Å². The molecule has 0 aliphatic carbocycles. The zero-order valence-corrected chi connectivity index (χ0v) is 18.2. The molecule has 9 heteroatoms. The lowest BCUT2D eigenvalue weighted by Gasteiger charge is -2.34. The highest BCUT2D eigenvalue weighted by molar-refractivity contribution is 9.12. The van der Waals surface area contributed by atoms with Crippen molar-refractivity contribution in [1.82, 2.24) is 0 Å². The Morgan fingerprint density at radius 2 is 1.07 bits per heavy atom. The molecule has 1 nitrogen and oxygen atoms in total. The van der Waals surface area contributed by atoms with Crippen molar-refractivity contribution in [3.05, 3.63) is 91.9 Å². The fourth-order valence-corrected chi connectivity index (χ4v) is 3.21. The summed E-state index contributed by atoms with van der Waals surface area (Å²) in [5.41, 5.74) is -0.101. The zero-order valence-electron chi connectivity index (χ0n) is 15.1. The standard InChI is InChI=1S/C20H14Br2F6O/c1-11-5-3-7-13(9-11)19(27,15(21)17(23)24)29-20(28,16(22)18(25)26)14-8-4-6-12(2)10-14/h3-10H,1-2H3. The molecule has 2 rings (SSSR count). The van der Waals surface area contributed by atoms with Crippen LogP contribution in [-0.2, 0) is 16.4 Å².